The van der Waals surface area contributed by atoms with Gasteiger partial charge in [-0.2, -0.15) is 0 Å². The van der Waals surface area contributed by atoms with E-state index in [9.17, 15) is 4.79 Å². The third kappa shape index (κ3) is 6.03. The monoisotopic (exact) mass is 584 g/mol. The lowest BCUT2D eigenvalue weighted by Crippen LogP contribution is -2.30. The first-order valence-electron chi connectivity index (χ1n) is 12.8. The van der Waals surface area contributed by atoms with Crippen LogP contribution in [0.1, 0.15) is 36.5 Å². The second-order valence-corrected chi connectivity index (χ2v) is 11.2. The second-order valence-electron chi connectivity index (χ2n) is 9.26. The highest BCUT2D eigenvalue weighted by Gasteiger charge is 2.33. The van der Waals surface area contributed by atoms with Crippen molar-refractivity contribution in [3.05, 3.63) is 111 Å². The van der Waals surface area contributed by atoms with Gasteiger partial charge in [0.25, 0.3) is 5.91 Å². The van der Waals surface area contributed by atoms with Gasteiger partial charge in [-0.15, -0.1) is 0 Å². The number of carbonyl (C=O) groups is 1. The third-order valence-electron chi connectivity index (χ3n) is 6.40. The van der Waals surface area contributed by atoms with Crippen LogP contribution in [0.2, 0.25) is 0 Å². The highest BCUT2D eigenvalue weighted by molar-refractivity contribution is 9.10. The fourth-order valence-electron chi connectivity index (χ4n) is 4.26. The van der Waals surface area contributed by atoms with Gasteiger partial charge >= 0.3 is 0 Å². The Hall–Kier alpha value is -3.35. The molecule has 4 nitrogen and oxygen atoms in total. The van der Waals surface area contributed by atoms with E-state index in [-0.39, 0.29) is 5.91 Å². The van der Waals surface area contributed by atoms with Gasteiger partial charge in [-0.1, -0.05) is 89.4 Å². The number of ether oxygens (including phenoxy) is 1. The molecule has 0 unspecified atom stereocenters. The molecule has 1 heterocycles. The summed E-state index contributed by atoms with van der Waals surface area (Å²) in [7, 11) is 0. The molecule has 0 spiro atoms. The number of rotatable bonds is 8. The summed E-state index contributed by atoms with van der Waals surface area (Å²) in [5.41, 5.74) is 4.00. The molecule has 0 aromatic heterocycles. The zero-order valence-electron chi connectivity index (χ0n) is 21.5. The summed E-state index contributed by atoms with van der Waals surface area (Å²) in [6.07, 6.45) is 3.90. The van der Waals surface area contributed by atoms with Crippen LogP contribution >= 0.6 is 27.7 Å². The molecule has 1 saturated heterocycles. The second kappa shape index (κ2) is 12.0. The Balaban J connectivity index is 1.52. The minimum absolute atomic E-state index is 0.0129. The SMILES string of the molecule is CCCCN1C(=O)/C(=C\c2c(OCc3ccc(Br)cc3)ccc3ccccc23)SC1=Nc1ccc(C)cc1. The Morgan fingerprint density at radius 3 is 2.50 bits per heavy atom. The van der Waals surface area contributed by atoms with E-state index >= 15 is 0 Å². The van der Waals surface area contributed by atoms with Crippen molar-refractivity contribution < 1.29 is 9.53 Å². The summed E-state index contributed by atoms with van der Waals surface area (Å²) in [6, 6.07) is 28.4. The molecular weight excluding hydrogens is 556 g/mol. The van der Waals surface area contributed by atoms with Crippen molar-refractivity contribution in [1.29, 1.82) is 0 Å². The lowest BCUT2D eigenvalue weighted by molar-refractivity contribution is -0.122. The van der Waals surface area contributed by atoms with Crippen molar-refractivity contribution in [2.75, 3.05) is 6.54 Å². The molecule has 0 radical (unpaired) electrons. The molecule has 38 heavy (non-hydrogen) atoms. The maximum atomic E-state index is 13.6. The maximum absolute atomic E-state index is 13.6. The first-order valence-corrected chi connectivity index (χ1v) is 14.4. The standard InChI is InChI=1S/C32H29BrN2O2S/c1-3-4-19-35-31(36)30(38-32(35)34-26-16-9-22(2)10-17-26)20-28-27-8-6-5-7-24(27)13-18-29(28)37-21-23-11-14-25(33)15-12-23/h5-18,20H,3-4,19,21H2,1-2H3/b30-20+,34-32?. The lowest BCUT2D eigenvalue weighted by Gasteiger charge is -2.15. The van der Waals surface area contributed by atoms with Gasteiger partial charge in [-0.25, -0.2) is 4.99 Å². The van der Waals surface area contributed by atoms with Crippen molar-refractivity contribution in [1.82, 2.24) is 4.90 Å². The normalized spacial score (nSPS) is 15.7. The molecule has 0 saturated carbocycles. The van der Waals surface area contributed by atoms with E-state index in [1.807, 2.05) is 77.7 Å². The molecule has 0 N–H and O–H groups in total. The van der Waals surface area contributed by atoms with Gasteiger partial charge in [0.2, 0.25) is 0 Å². The van der Waals surface area contributed by atoms with Crippen LogP contribution in [0.3, 0.4) is 0 Å². The van der Waals surface area contributed by atoms with E-state index < -0.39 is 0 Å². The van der Waals surface area contributed by atoms with Crippen LogP contribution in [-0.2, 0) is 11.4 Å². The predicted molar refractivity (Wildman–Crippen MR) is 163 cm³/mol. The van der Waals surface area contributed by atoms with Crippen LogP contribution in [-0.4, -0.2) is 22.5 Å². The number of fused-ring (bicyclic) bond motifs is 1. The van der Waals surface area contributed by atoms with Crippen LogP contribution in [0, 0.1) is 6.92 Å². The number of thioether (sulfide) groups is 1. The van der Waals surface area contributed by atoms with Crippen molar-refractivity contribution in [3.8, 4) is 5.75 Å². The molecule has 4 aromatic carbocycles. The van der Waals surface area contributed by atoms with E-state index in [2.05, 4.69) is 48.0 Å². The number of aryl methyl sites for hydroxylation is 1. The molecule has 1 amide bonds. The summed E-state index contributed by atoms with van der Waals surface area (Å²) < 4.78 is 7.35. The number of amidine groups is 1. The molecule has 192 valence electrons. The van der Waals surface area contributed by atoms with E-state index in [4.69, 9.17) is 9.73 Å². The number of carbonyl (C=O) groups excluding carboxylic acids is 1. The van der Waals surface area contributed by atoms with Crippen molar-refractivity contribution in [2.45, 2.75) is 33.3 Å². The highest BCUT2D eigenvalue weighted by atomic mass is 79.9. The molecule has 6 heteroatoms. The molecule has 5 rings (SSSR count). The van der Waals surface area contributed by atoms with Crippen molar-refractivity contribution in [2.24, 2.45) is 4.99 Å². The van der Waals surface area contributed by atoms with E-state index in [1.165, 1.54) is 17.3 Å². The van der Waals surface area contributed by atoms with Crippen molar-refractivity contribution >= 4 is 61.3 Å². The lowest BCUT2D eigenvalue weighted by atomic mass is 10.0. The number of hydrogen-bond donors (Lipinski definition) is 0. The minimum atomic E-state index is -0.0129. The molecular formula is C32H29BrN2O2S. The number of hydrogen-bond acceptors (Lipinski definition) is 4. The summed E-state index contributed by atoms with van der Waals surface area (Å²) >= 11 is 4.92. The van der Waals surface area contributed by atoms with Gasteiger partial charge in [-0.3, -0.25) is 9.69 Å². The van der Waals surface area contributed by atoms with Crippen LogP contribution in [0.4, 0.5) is 5.69 Å². The van der Waals surface area contributed by atoms with Crippen LogP contribution in [0.25, 0.3) is 16.8 Å². The average molecular weight is 586 g/mol. The average Bonchev–Trinajstić information content (AvgIpc) is 3.22. The predicted octanol–water partition coefficient (Wildman–Crippen LogP) is 8.89. The van der Waals surface area contributed by atoms with E-state index in [0.717, 1.165) is 55.8 Å². The van der Waals surface area contributed by atoms with Gasteiger partial charge in [0.15, 0.2) is 5.17 Å². The van der Waals surface area contributed by atoms with Crippen LogP contribution < -0.4 is 4.74 Å². The first-order chi connectivity index (χ1) is 18.5. The molecule has 0 atom stereocenters. The van der Waals surface area contributed by atoms with E-state index in [0.29, 0.717) is 18.1 Å². The Bertz CT molecular complexity index is 1510. The Labute approximate surface area is 236 Å². The number of halogens is 1. The number of aliphatic imine (C=N–C) groups is 1. The smallest absolute Gasteiger partial charge is 0.266 e. The molecule has 0 bridgehead atoms. The third-order valence-corrected chi connectivity index (χ3v) is 7.93. The largest absolute Gasteiger partial charge is 0.488 e. The maximum Gasteiger partial charge on any atom is 0.266 e. The van der Waals surface area contributed by atoms with Gasteiger partial charge in [0.05, 0.1) is 10.6 Å². The van der Waals surface area contributed by atoms with Gasteiger partial charge in [0.1, 0.15) is 12.4 Å². The van der Waals surface area contributed by atoms with E-state index in [1.54, 1.807) is 0 Å². The first kappa shape index (κ1) is 26.3. The quantitative estimate of drug-likeness (QED) is 0.194. The Morgan fingerprint density at radius 1 is 0.974 bits per heavy atom. The minimum Gasteiger partial charge on any atom is -0.488 e. The highest BCUT2D eigenvalue weighted by Crippen LogP contribution is 2.38. The van der Waals surface area contributed by atoms with Gasteiger partial charge in [0, 0.05) is 16.6 Å². The Kier molecular flexibility index (Phi) is 8.30. The van der Waals surface area contributed by atoms with Gasteiger partial charge in [-0.05, 0) is 77.9 Å². The number of unbranched alkanes of at least 4 members (excludes halogenated alkanes) is 1. The fourth-order valence-corrected chi connectivity index (χ4v) is 5.53. The summed E-state index contributed by atoms with van der Waals surface area (Å²) in [4.78, 5) is 21.0. The zero-order chi connectivity index (χ0) is 26.5. The number of amides is 1. The summed E-state index contributed by atoms with van der Waals surface area (Å²) in [5, 5.41) is 2.86. The number of benzene rings is 4. The number of nitrogens with zero attached hydrogens (tertiary/aromatic N) is 2. The molecule has 4 aromatic rings. The molecule has 1 aliphatic heterocycles. The topological polar surface area (TPSA) is 41.9 Å². The summed E-state index contributed by atoms with van der Waals surface area (Å²) in [6.45, 7) is 5.27. The molecule has 0 aliphatic carbocycles. The Morgan fingerprint density at radius 2 is 1.74 bits per heavy atom. The molecule has 1 aliphatic rings. The fraction of sp³-hybridized carbons (Fsp3) is 0.188. The van der Waals surface area contributed by atoms with Crippen LogP contribution in [0.15, 0.2) is 99.3 Å². The van der Waals surface area contributed by atoms with Gasteiger partial charge < -0.3 is 4.74 Å². The molecule has 1 fully saturated rings. The van der Waals surface area contributed by atoms with Crippen LogP contribution in [0.5, 0.6) is 5.75 Å². The summed E-state index contributed by atoms with van der Waals surface area (Å²) in [5.74, 6) is 0.734. The zero-order valence-corrected chi connectivity index (χ0v) is 23.9. The van der Waals surface area contributed by atoms with Crippen molar-refractivity contribution in [3.63, 3.8) is 0 Å².